The molecule has 1 aromatic rings. The van der Waals surface area contributed by atoms with Crippen LogP contribution in [-0.2, 0) is 4.74 Å². The summed E-state index contributed by atoms with van der Waals surface area (Å²) in [5.74, 6) is 2.07. The van der Waals surface area contributed by atoms with E-state index in [4.69, 9.17) is 9.47 Å². The molecule has 0 spiro atoms. The van der Waals surface area contributed by atoms with Gasteiger partial charge in [0.25, 0.3) is 0 Å². The number of hydrogen-bond donors (Lipinski definition) is 1. The van der Waals surface area contributed by atoms with Crippen LogP contribution in [-0.4, -0.2) is 23.9 Å². The maximum atomic E-state index is 10.1. The first-order valence-electron chi connectivity index (χ1n) is 8.02. The van der Waals surface area contributed by atoms with Crippen LogP contribution >= 0.6 is 0 Å². The molecule has 1 N–H and O–H groups in total. The first-order chi connectivity index (χ1) is 10.0. The van der Waals surface area contributed by atoms with Crippen molar-refractivity contribution >= 4 is 0 Å². The third-order valence-corrected chi connectivity index (χ3v) is 6.56. The van der Waals surface area contributed by atoms with E-state index in [1.807, 2.05) is 6.07 Å². The molecule has 0 radical (unpaired) electrons. The fourth-order valence-corrected chi connectivity index (χ4v) is 5.29. The highest BCUT2D eigenvalue weighted by molar-refractivity contribution is 5.40. The third-order valence-electron chi connectivity index (χ3n) is 6.56. The van der Waals surface area contributed by atoms with Crippen LogP contribution in [0.25, 0.3) is 0 Å². The van der Waals surface area contributed by atoms with Gasteiger partial charge in [0, 0.05) is 16.9 Å². The van der Waals surface area contributed by atoms with Crippen LogP contribution in [0.3, 0.4) is 0 Å². The Morgan fingerprint density at radius 3 is 2.81 bits per heavy atom. The molecular formula is C18H24O3. The largest absolute Gasteiger partial charge is 0.487 e. The van der Waals surface area contributed by atoms with Gasteiger partial charge in [0.05, 0.1) is 19.3 Å². The number of hydrogen-bond acceptors (Lipinski definition) is 3. The van der Waals surface area contributed by atoms with Gasteiger partial charge < -0.3 is 14.6 Å². The Morgan fingerprint density at radius 2 is 2.05 bits per heavy atom. The highest BCUT2D eigenvalue weighted by Crippen LogP contribution is 2.63. The summed E-state index contributed by atoms with van der Waals surface area (Å²) in [5.41, 5.74) is 0.862. The van der Waals surface area contributed by atoms with Crippen LogP contribution in [0.1, 0.15) is 38.9 Å². The molecule has 2 fully saturated rings. The Morgan fingerprint density at radius 1 is 1.29 bits per heavy atom. The van der Waals surface area contributed by atoms with E-state index in [1.54, 1.807) is 0 Å². The number of para-hydroxylation sites is 1. The lowest BCUT2D eigenvalue weighted by atomic mass is 9.50. The van der Waals surface area contributed by atoms with Crippen LogP contribution < -0.4 is 4.74 Å². The molecular weight excluding hydrogens is 264 g/mol. The number of aliphatic hydroxyl groups is 1. The monoisotopic (exact) mass is 288 g/mol. The zero-order chi connectivity index (χ0) is 14.8. The van der Waals surface area contributed by atoms with Gasteiger partial charge in [-0.2, -0.15) is 0 Å². The first-order valence-corrected chi connectivity index (χ1v) is 8.02. The molecule has 114 valence electrons. The standard InChI is InChI=1S/C18H24O3/c1-11-8-17(3)15-12(2)18(11,9-19)10-20-16(15)13-6-4-5-7-14(13)21-17/h4-7,11-12,15-16,19H,8-10H2,1-3H3/t11-,12+,15-,16-,17-,18-/m1/s1. The lowest BCUT2D eigenvalue weighted by molar-refractivity contribution is -0.260. The zero-order valence-corrected chi connectivity index (χ0v) is 13.0. The van der Waals surface area contributed by atoms with E-state index >= 15 is 0 Å². The molecule has 1 saturated carbocycles. The van der Waals surface area contributed by atoms with Crippen molar-refractivity contribution in [2.75, 3.05) is 13.2 Å². The van der Waals surface area contributed by atoms with Crippen LogP contribution in [0.15, 0.2) is 24.3 Å². The molecule has 0 unspecified atom stereocenters. The van der Waals surface area contributed by atoms with Crippen molar-refractivity contribution < 1.29 is 14.6 Å². The SMILES string of the molecule is C[C@@H]1C[C@@]2(C)Oc3ccccc3[C@H]3OC[C@@]1(CO)[C@@H](C)[C@H]32. The second-order valence-electron chi connectivity index (χ2n) is 7.50. The number of benzene rings is 1. The van der Waals surface area contributed by atoms with Crippen molar-refractivity contribution in [2.45, 2.75) is 38.9 Å². The van der Waals surface area contributed by atoms with Gasteiger partial charge in [0.15, 0.2) is 0 Å². The van der Waals surface area contributed by atoms with Crippen molar-refractivity contribution in [3.63, 3.8) is 0 Å². The smallest absolute Gasteiger partial charge is 0.125 e. The zero-order valence-electron chi connectivity index (χ0n) is 13.0. The Hall–Kier alpha value is -1.06. The Kier molecular flexibility index (Phi) is 2.74. The summed E-state index contributed by atoms with van der Waals surface area (Å²) < 4.78 is 12.7. The molecule has 2 aliphatic heterocycles. The number of ether oxygens (including phenoxy) is 2. The molecule has 3 nitrogen and oxygen atoms in total. The van der Waals surface area contributed by atoms with Gasteiger partial charge >= 0.3 is 0 Å². The number of aliphatic hydroxyl groups excluding tert-OH is 1. The number of fused-ring (bicyclic) bond motifs is 3. The van der Waals surface area contributed by atoms with Gasteiger partial charge in [-0.15, -0.1) is 0 Å². The van der Waals surface area contributed by atoms with E-state index in [2.05, 4.69) is 39.0 Å². The van der Waals surface area contributed by atoms with Crippen LogP contribution in [0, 0.1) is 23.2 Å². The van der Waals surface area contributed by atoms with Crippen LogP contribution in [0.2, 0.25) is 0 Å². The highest BCUT2D eigenvalue weighted by Gasteiger charge is 2.64. The second kappa shape index (κ2) is 4.23. The van der Waals surface area contributed by atoms with Gasteiger partial charge in [-0.25, -0.2) is 0 Å². The molecule has 1 aliphatic carbocycles. The molecule has 1 aromatic carbocycles. The molecule has 2 heterocycles. The van der Waals surface area contributed by atoms with Crippen LogP contribution in [0.4, 0.5) is 0 Å². The summed E-state index contributed by atoms with van der Waals surface area (Å²) in [4.78, 5) is 0. The summed E-state index contributed by atoms with van der Waals surface area (Å²) in [6.45, 7) is 7.60. The maximum Gasteiger partial charge on any atom is 0.125 e. The van der Waals surface area contributed by atoms with Gasteiger partial charge in [0.1, 0.15) is 11.4 Å². The highest BCUT2D eigenvalue weighted by atomic mass is 16.5. The maximum absolute atomic E-state index is 10.1. The van der Waals surface area contributed by atoms with E-state index in [0.29, 0.717) is 24.4 Å². The van der Waals surface area contributed by atoms with E-state index in [1.165, 1.54) is 5.56 Å². The molecule has 6 atom stereocenters. The lowest BCUT2D eigenvalue weighted by Gasteiger charge is -2.63. The topological polar surface area (TPSA) is 38.7 Å². The van der Waals surface area contributed by atoms with Crippen molar-refractivity contribution in [1.82, 2.24) is 0 Å². The Bertz CT molecular complexity index is 571. The second-order valence-corrected chi connectivity index (χ2v) is 7.50. The van der Waals surface area contributed by atoms with Crippen molar-refractivity contribution in [3.8, 4) is 5.75 Å². The van der Waals surface area contributed by atoms with Crippen LogP contribution in [0.5, 0.6) is 5.75 Å². The molecule has 0 amide bonds. The number of rotatable bonds is 1. The minimum absolute atomic E-state index is 0.0992. The molecule has 1 saturated heterocycles. The average Bonchev–Trinajstić information content (AvgIpc) is 2.46. The first kappa shape index (κ1) is 13.6. The van der Waals surface area contributed by atoms with E-state index in [-0.39, 0.29) is 23.7 Å². The van der Waals surface area contributed by atoms with Crippen molar-refractivity contribution in [1.29, 1.82) is 0 Å². The van der Waals surface area contributed by atoms with E-state index in [9.17, 15) is 5.11 Å². The fourth-order valence-electron chi connectivity index (χ4n) is 5.29. The molecule has 2 bridgehead atoms. The minimum atomic E-state index is -0.197. The lowest BCUT2D eigenvalue weighted by Crippen LogP contribution is -2.65. The van der Waals surface area contributed by atoms with Gasteiger partial charge in [-0.1, -0.05) is 32.0 Å². The van der Waals surface area contributed by atoms with E-state index in [0.717, 1.165) is 12.2 Å². The summed E-state index contributed by atoms with van der Waals surface area (Å²) in [5, 5.41) is 10.1. The Labute approximate surface area is 126 Å². The normalized spacial score (nSPS) is 47.4. The molecule has 21 heavy (non-hydrogen) atoms. The van der Waals surface area contributed by atoms with Crippen molar-refractivity contribution in [2.24, 2.45) is 23.2 Å². The molecule has 4 rings (SSSR count). The Balaban J connectivity index is 1.87. The van der Waals surface area contributed by atoms with Gasteiger partial charge in [0.2, 0.25) is 0 Å². The summed E-state index contributed by atoms with van der Waals surface area (Å²) in [7, 11) is 0. The summed E-state index contributed by atoms with van der Waals surface area (Å²) in [6.07, 6.45) is 1.08. The minimum Gasteiger partial charge on any atom is -0.487 e. The average molecular weight is 288 g/mol. The summed E-state index contributed by atoms with van der Waals surface area (Å²) >= 11 is 0. The van der Waals surface area contributed by atoms with E-state index < -0.39 is 0 Å². The predicted molar refractivity (Wildman–Crippen MR) is 80.1 cm³/mol. The molecule has 3 aliphatic rings. The molecule has 3 heteroatoms. The van der Waals surface area contributed by atoms with Gasteiger partial charge in [-0.05, 0) is 31.2 Å². The fraction of sp³-hybridized carbons (Fsp3) is 0.667. The quantitative estimate of drug-likeness (QED) is 0.862. The third kappa shape index (κ3) is 1.56. The molecule has 0 aromatic heterocycles. The summed E-state index contributed by atoms with van der Waals surface area (Å²) in [6, 6.07) is 8.26. The predicted octanol–water partition coefficient (Wildman–Crippen LogP) is 3.18. The van der Waals surface area contributed by atoms with Gasteiger partial charge in [-0.3, -0.25) is 0 Å². The van der Waals surface area contributed by atoms with Crippen molar-refractivity contribution in [3.05, 3.63) is 29.8 Å².